The fourth-order valence-electron chi connectivity index (χ4n) is 0.859. The average Bonchev–Trinajstić information content (AvgIpc) is 2.10. The van der Waals surface area contributed by atoms with Crippen LogP contribution in [-0.4, -0.2) is 17.3 Å². The van der Waals surface area contributed by atoms with E-state index in [0.717, 1.165) is 18.2 Å². The maximum Gasteiger partial charge on any atom is 0.151 e. The molecule has 0 aliphatic heterocycles. The predicted octanol–water partition coefficient (Wildman–Crippen LogP) is -0.481. The molecule has 0 rings (SSSR count). The minimum Gasteiger partial charge on any atom is -0.876 e. The third-order valence-electron chi connectivity index (χ3n) is 1.22. The molecule has 6 nitrogen and oxygen atoms in total. The van der Waals surface area contributed by atoms with Gasteiger partial charge in [-0.05, 0) is 39.0 Å². The van der Waals surface area contributed by atoms with Crippen LogP contribution in [0, 0.1) is 40.4 Å². The van der Waals surface area contributed by atoms with Crippen LogP contribution in [0.25, 0.3) is 0 Å². The molecule has 0 saturated carbocycles. The third-order valence-corrected chi connectivity index (χ3v) is 1.22. The monoisotopic (exact) mass is 442 g/mol. The van der Waals surface area contributed by atoms with Crippen LogP contribution in [-0.2, 0) is 14.4 Å². The molecule has 1 radical (unpaired) electrons. The number of ketones is 3. The Balaban J connectivity index is -0.000000108. The van der Waals surface area contributed by atoms with Gasteiger partial charge in [-0.2, -0.15) is 0 Å². The van der Waals surface area contributed by atoms with E-state index in [1.165, 1.54) is 41.5 Å². The number of hydrogen-bond acceptors (Lipinski definition) is 6. The van der Waals surface area contributed by atoms with Crippen molar-refractivity contribution in [2.24, 2.45) is 0 Å². The van der Waals surface area contributed by atoms with Gasteiger partial charge in [0.25, 0.3) is 0 Å². The van der Waals surface area contributed by atoms with Crippen LogP contribution >= 0.6 is 0 Å². The van der Waals surface area contributed by atoms with Crippen LogP contribution in [0.3, 0.4) is 0 Å². The number of rotatable bonds is 3. The van der Waals surface area contributed by atoms with Crippen molar-refractivity contribution in [3.05, 3.63) is 35.5 Å². The molecule has 0 aromatic carbocycles. The van der Waals surface area contributed by atoms with Gasteiger partial charge in [0, 0.05) is 40.4 Å². The van der Waals surface area contributed by atoms with Crippen molar-refractivity contribution < 1.29 is 70.1 Å². The topological polar surface area (TPSA) is 120 Å². The SMILES string of the molecule is CC(=O)/C=C(/C)[O-].CC(=O)/C=C(/C)[O-].CC(=O)/C=C(/C)[O-].[Pm]. The molecular formula is C15H21O6Pm-3. The summed E-state index contributed by atoms with van der Waals surface area (Å²) in [7, 11) is 0. The van der Waals surface area contributed by atoms with E-state index in [4.69, 9.17) is 0 Å². The first-order valence-corrected chi connectivity index (χ1v) is 5.96. The molecule has 0 atom stereocenters. The first-order valence-electron chi connectivity index (χ1n) is 5.96. The Morgan fingerprint density at radius 1 is 0.545 bits per heavy atom. The zero-order chi connectivity index (χ0) is 17.6. The second kappa shape index (κ2) is 18.0. The van der Waals surface area contributed by atoms with Crippen LogP contribution in [0.4, 0.5) is 0 Å². The van der Waals surface area contributed by atoms with Crippen molar-refractivity contribution in [1.82, 2.24) is 0 Å². The number of carbonyl (C=O) groups is 3. The molecule has 0 N–H and O–H groups in total. The molecule has 0 aromatic rings. The number of allylic oxidation sites excluding steroid dienone is 6. The van der Waals surface area contributed by atoms with Crippen molar-refractivity contribution in [3.63, 3.8) is 0 Å². The summed E-state index contributed by atoms with van der Waals surface area (Å²) >= 11 is 0. The van der Waals surface area contributed by atoms with E-state index in [-0.39, 0.29) is 75.0 Å². The summed E-state index contributed by atoms with van der Waals surface area (Å²) in [4.78, 5) is 29.9. The predicted molar refractivity (Wildman–Crippen MR) is 73.3 cm³/mol. The standard InChI is InChI=1S/3C5H8O2.Pm/c3*1-4(6)3-5(2)7;/h3*3,6H,1-2H3;/p-3/b3*4-3-;. The van der Waals surface area contributed by atoms with Gasteiger partial charge >= 0.3 is 0 Å². The second-order valence-corrected chi connectivity index (χ2v) is 4.10. The summed E-state index contributed by atoms with van der Waals surface area (Å²) in [6, 6.07) is 0. The van der Waals surface area contributed by atoms with Gasteiger partial charge in [0.2, 0.25) is 0 Å². The Kier molecular flexibility index (Phi) is 23.8. The molecule has 0 aliphatic rings. The van der Waals surface area contributed by atoms with Gasteiger partial charge in [-0.15, -0.1) is 17.3 Å². The van der Waals surface area contributed by atoms with Gasteiger partial charge in [0.1, 0.15) is 0 Å². The van der Waals surface area contributed by atoms with E-state index in [0.29, 0.717) is 0 Å². The minimum atomic E-state index is -0.187. The summed E-state index contributed by atoms with van der Waals surface area (Å²) < 4.78 is 0. The van der Waals surface area contributed by atoms with Crippen LogP contribution < -0.4 is 15.3 Å². The molecule has 0 saturated heterocycles. The molecule has 0 unspecified atom stereocenters. The van der Waals surface area contributed by atoms with Gasteiger partial charge in [0.05, 0.1) is 0 Å². The molecule has 0 aromatic heterocycles. The van der Waals surface area contributed by atoms with Gasteiger partial charge in [-0.25, -0.2) is 0 Å². The van der Waals surface area contributed by atoms with Crippen molar-refractivity contribution >= 4 is 17.3 Å². The summed E-state index contributed by atoms with van der Waals surface area (Å²) in [5.41, 5.74) is 0. The Morgan fingerprint density at radius 2 is 0.682 bits per heavy atom. The van der Waals surface area contributed by atoms with Crippen molar-refractivity contribution in [2.75, 3.05) is 0 Å². The molecule has 0 fully saturated rings. The minimum absolute atomic E-state index is 0. The van der Waals surface area contributed by atoms with E-state index in [9.17, 15) is 29.7 Å². The molecule has 0 heterocycles. The molecule has 0 spiro atoms. The van der Waals surface area contributed by atoms with Gasteiger partial charge in [-0.3, -0.25) is 14.4 Å². The van der Waals surface area contributed by atoms with Crippen LogP contribution in [0.15, 0.2) is 35.5 Å². The quantitative estimate of drug-likeness (QED) is 0.430. The largest absolute Gasteiger partial charge is 0.876 e. The van der Waals surface area contributed by atoms with Crippen molar-refractivity contribution in [1.29, 1.82) is 0 Å². The Morgan fingerprint density at radius 3 is 0.682 bits per heavy atom. The zero-order valence-electron chi connectivity index (χ0n) is 13.6. The first-order chi connectivity index (χ1) is 9.38. The van der Waals surface area contributed by atoms with E-state index in [1.807, 2.05) is 0 Å². The normalized spacial score (nSPS) is 10.9. The smallest absolute Gasteiger partial charge is 0.151 e. The fourth-order valence-corrected chi connectivity index (χ4v) is 0.859. The molecule has 125 valence electrons. The number of hydrogen-bond donors (Lipinski definition) is 0. The van der Waals surface area contributed by atoms with E-state index >= 15 is 0 Å². The molecular weight excluding hydrogens is 421 g/mol. The average molecular weight is 442 g/mol. The third kappa shape index (κ3) is 50.9. The molecule has 0 bridgehead atoms. The Bertz CT molecular complexity index is 368. The van der Waals surface area contributed by atoms with Gasteiger partial charge in [0.15, 0.2) is 17.3 Å². The first kappa shape index (κ1) is 29.0. The fraction of sp³-hybridized carbons (Fsp3) is 0.400. The van der Waals surface area contributed by atoms with E-state index in [2.05, 4.69) is 0 Å². The Labute approximate surface area is 163 Å². The summed E-state index contributed by atoms with van der Waals surface area (Å²) in [5.74, 6) is -1.12. The van der Waals surface area contributed by atoms with Crippen LogP contribution in [0.2, 0.25) is 0 Å². The maximum absolute atomic E-state index is 9.98. The van der Waals surface area contributed by atoms with Crippen molar-refractivity contribution in [2.45, 2.75) is 41.5 Å². The van der Waals surface area contributed by atoms with Crippen LogP contribution in [0.1, 0.15) is 41.5 Å². The summed E-state index contributed by atoms with van der Waals surface area (Å²) in [6.07, 6.45) is 3.17. The van der Waals surface area contributed by atoms with Gasteiger partial charge in [-0.1, -0.05) is 20.8 Å². The molecule has 22 heavy (non-hydrogen) atoms. The van der Waals surface area contributed by atoms with E-state index < -0.39 is 0 Å². The van der Waals surface area contributed by atoms with Crippen LogP contribution in [0.5, 0.6) is 0 Å². The number of carbonyl (C=O) groups excluding carboxylic acids is 3. The second-order valence-electron chi connectivity index (χ2n) is 4.10. The molecule has 0 amide bonds. The maximum atomic E-state index is 9.98. The van der Waals surface area contributed by atoms with E-state index in [1.54, 1.807) is 0 Å². The Hall–Kier alpha value is -1.03. The van der Waals surface area contributed by atoms with Crippen molar-refractivity contribution in [3.8, 4) is 0 Å². The van der Waals surface area contributed by atoms with Gasteiger partial charge < -0.3 is 15.3 Å². The zero-order valence-corrected chi connectivity index (χ0v) is 16.5. The summed E-state index contributed by atoms with van der Waals surface area (Å²) in [5, 5.41) is 29.9. The molecule has 0 aliphatic carbocycles. The molecule has 7 heteroatoms. The summed E-state index contributed by atoms with van der Waals surface area (Å²) in [6.45, 7) is 8.09.